The molecule has 2 aromatic rings. The number of rotatable bonds is 6. The monoisotopic (exact) mass is 488 g/mol. The van der Waals surface area contributed by atoms with Crippen LogP contribution in [0, 0.1) is 0 Å². The number of benzene rings is 2. The first-order valence-electron chi connectivity index (χ1n) is 10.4. The molecule has 0 spiro atoms. The Morgan fingerprint density at radius 3 is 2.61 bits per heavy atom. The van der Waals surface area contributed by atoms with Crippen LogP contribution in [0.25, 0.3) is 0 Å². The van der Waals surface area contributed by atoms with E-state index in [9.17, 15) is 9.59 Å². The summed E-state index contributed by atoms with van der Waals surface area (Å²) in [6.07, 6.45) is 0.570. The number of amides is 2. The topological polar surface area (TPSA) is 67.9 Å². The van der Waals surface area contributed by atoms with Gasteiger partial charge in [0.1, 0.15) is 18.0 Å². The fourth-order valence-corrected chi connectivity index (χ4v) is 3.79. The van der Waals surface area contributed by atoms with E-state index >= 15 is 0 Å². The number of nitrogens with one attached hydrogen (secondary N) is 1. The maximum atomic E-state index is 12.7. The molecule has 0 aromatic heterocycles. The molecule has 6 nitrogen and oxygen atoms in total. The summed E-state index contributed by atoms with van der Waals surface area (Å²) < 4.78 is 12.3. The predicted octanol–water partition coefficient (Wildman–Crippen LogP) is 4.70. The lowest BCUT2D eigenvalue weighted by molar-refractivity contribution is -0.121. The maximum absolute atomic E-state index is 12.7. The number of likely N-dealkylation sites (tertiary alicyclic amines) is 1. The third kappa shape index (κ3) is 7.28. The minimum Gasteiger partial charge on any atom is -0.489 e. The second-order valence-electron chi connectivity index (χ2n) is 8.68. The van der Waals surface area contributed by atoms with Crippen molar-refractivity contribution in [2.45, 2.75) is 51.9 Å². The van der Waals surface area contributed by atoms with Gasteiger partial charge in [-0.3, -0.25) is 4.79 Å². The first kappa shape index (κ1) is 23.1. The molecule has 31 heavy (non-hydrogen) atoms. The zero-order valence-corrected chi connectivity index (χ0v) is 19.8. The molecule has 0 aliphatic carbocycles. The number of carbonyl (C=O) groups excluding carboxylic acids is 2. The molecule has 166 valence electrons. The first-order chi connectivity index (χ1) is 14.7. The van der Waals surface area contributed by atoms with Crippen LogP contribution in [-0.4, -0.2) is 41.6 Å². The van der Waals surface area contributed by atoms with Crippen molar-refractivity contribution in [2.75, 3.05) is 13.1 Å². The summed E-state index contributed by atoms with van der Waals surface area (Å²) in [7, 11) is 0. The molecule has 2 amide bonds. The molecule has 0 bridgehead atoms. The van der Waals surface area contributed by atoms with Crippen LogP contribution >= 0.6 is 15.9 Å². The number of ether oxygens (including phenoxy) is 2. The van der Waals surface area contributed by atoms with Crippen LogP contribution in [0.5, 0.6) is 5.75 Å². The van der Waals surface area contributed by atoms with Crippen LogP contribution in [0.4, 0.5) is 4.79 Å². The Kier molecular flexibility index (Phi) is 7.59. The smallest absolute Gasteiger partial charge is 0.410 e. The molecule has 7 heteroatoms. The van der Waals surface area contributed by atoms with Crippen LogP contribution < -0.4 is 10.1 Å². The van der Waals surface area contributed by atoms with Crippen LogP contribution in [0.1, 0.15) is 38.3 Å². The lowest BCUT2D eigenvalue weighted by atomic mass is 10.1. The zero-order valence-electron chi connectivity index (χ0n) is 18.2. The van der Waals surface area contributed by atoms with Crippen molar-refractivity contribution in [3.8, 4) is 5.75 Å². The van der Waals surface area contributed by atoms with Crippen LogP contribution in [0.3, 0.4) is 0 Å². The molecule has 1 atom stereocenters. The lowest BCUT2D eigenvalue weighted by Crippen LogP contribution is -2.40. The second-order valence-corrected chi connectivity index (χ2v) is 9.60. The molecule has 1 aliphatic heterocycles. The van der Waals surface area contributed by atoms with E-state index in [1.807, 2.05) is 69.3 Å². The van der Waals surface area contributed by atoms with Crippen molar-refractivity contribution in [1.82, 2.24) is 10.2 Å². The van der Waals surface area contributed by atoms with Gasteiger partial charge in [-0.1, -0.05) is 46.3 Å². The van der Waals surface area contributed by atoms with Crippen LogP contribution in [0.2, 0.25) is 0 Å². The van der Waals surface area contributed by atoms with Gasteiger partial charge in [-0.25, -0.2) is 4.79 Å². The lowest BCUT2D eigenvalue weighted by Gasteiger charge is -2.24. The van der Waals surface area contributed by atoms with Gasteiger partial charge in [-0.2, -0.15) is 0 Å². The van der Waals surface area contributed by atoms with Gasteiger partial charge in [0.2, 0.25) is 5.91 Å². The Morgan fingerprint density at radius 1 is 1.16 bits per heavy atom. The fourth-order valence-electron chi connectivity index (χ4n) is 3.38. The van der Waals surface area contributed by atoms with E-state index < -0.39 is 5.60 Å². The molecule has 0 radical (unpaired) electrons. The Bertz CT molecular complexity index is 912. The molecular formula is C24H29BrN2O4. The average Bonchev–Trinajstić information content (AvgIpc) is 3.15. The van der Waals surface area contributed by atoms with E-state index in [0.29, 0.717) is 31.9 Å². The minimum atomic E-state index is -0.532. The summed E-state index contributed by atoms with van der Waals surface area (Å²) in [4.78, 5) is 26.6. The van der Waals surface area contributed by atoms with Crippen molar-refractivity contribution >= 4 is 27.9 Å². The van der Waals surface area contributed by atoms with Crippen LogP contribution in [0.15, 0.2) is 53.0 Å². The highest BCUT2D eigenvalue weighted by molar-refractivity contribution is 9.10. The molecule has 1 heterocycles. The molecule has 0 saturated carbocycles. The van der Waals surface area contributed by atoms with Gasteiger partial charge in [0.15, 0.2) is 0 Å². The Balaban J connectivity index is 1.55. The largest absolute Gasteiger partial charge is 0.489 e. The molecule has 1 fully saturated rings. The summed E-state index contributed by atoms with van der Waals surface area (Å²) in [5, 5.41) is 3.04. The number of nitrogens with zero attached hydrogens (tertiary/aromatic N) is 1. The van der Waals surface area contributed by atoms with E-state index in [1.165, 1.54) is 0 Å². The Labute approximate surface area is 192 Å². The summed E-state index contributed by atoms with van der Waals surface area (Å²) in [6, 6.07) is 15.5. The zero-order chi connectivity index (χ0) is 22.4. The third-order valence-electron chi connectivity index (χ3n) is 4.82. The number of carbonyl (C=O) groups is 2. The van der Waals surface area contributed by atoms with Gasteiger partial charge >= 0.3 is 6.09 Å². The summed E-state index contributed by atoms with van der Waals surface area (Å²) in [6.45, 7) is 6.99. The minimum absolute atomic E-state index is 0.0825. The highest BCUT2D eigenvalue weighted by atomic mass is 79.9. The average molecular weight is 489 g/mol. The van der Waals surface area contributed by atoms with E-state index in [0.717, 1.165) is 15.6 Å². The van der Waals surface area contributed by atoms with Gasteiger partial charge in [0, 0.05) is 29.2 Å². The molecule has 2 aromatic carbocycles. The fraction of sp³-hybridized carbons (Fsp3) is 0.417. The highest BCUT2D eigenvalue weighted by Gasteiger charge is 2.30. The molecule has 1 N–H and O–H groups in total. The molecule has 1 aliphatic rings. The quantitative estimate of drug-likeness (QED) is 0.639. The summed E-state index contributed by atoms with van der Waals surface area (Å²) in [5.41, 5.74) is 1.34. The highest BCUT2D eigenvalue weighted by Crippen LogP contribution is 2.25. The van der Waals surface area contributed by atoms with E-state index in [1.54, 1.807) is 4.90 Å². The number of halogens is 1. The van der Waals surface area contributed by atoms with Crippen molar-refractivity contribution in [3.05, 3.63) is 64.1 Å². The van der Waals surface area contributed by atoms with Crippen LogP contribution in [-0.2, 0) is 22.6 Å². The van der Waals surface area contributed by atoms with Crippen molar-refractivity contribution in [2.24, 2.45) is 0 Å². The van der Waals surface area contributed by atoms with Gasteiger partial charge < -0.3 is 19.7 Å². The van der Waals surface area contributed by atoms with Gasteiger partial charge in [-0.15, -0.1) is 0 Å². The Morgan fingerprint density at radius 2 is 1.90 bits per heavy atom. The molecule has 1 saturated heterocycles. The van der Waals surface area contributed by atoms with Gasteiger partial charge in [0.25, 0.3) is 0 Å². The molecule has 1 unspecified atom stereocenters. The second kappa shape index (κ2) is 10.2. The van der Waals surface area contributed by atoms with Gasteiger partial charge in [0.05, 0.1) is 6.42 Å². The standard InChI is InChI=1S/C24H29BrN2O4/c1-24(2,3)31-23(29)27-12-11-20(15-27)26-22(28)14-18-13-19(25)9-10-21(18)30-16-17-7-5-4-6-8-17/h4-10,13,20H,11-12,14-16H2,1-3H3,(H,26,28). The van der Waals surface area contributed by atoms with E-state index in [4.69, 9.17) is 9.47 Å². The number of hydrogen-bond acceptors (Lipinski definition) is 4. The normalized spacial score (nSPS) is 16.1. The number of hydrogen-bond donors (Lipinski definition) is 1. The molecule has 3 rings (SSSR count). The summed E-state index contributed by atoms with van der Waals surface area (Å²) in [5.74, 6) is 0.586. The maximum Gasteiger partial charge on any atom is 0.410 e. The van der Waals surface area contributed by atoms with Gasteiger partial charge in [-0.05, 0) is 51.0 Å². The molecular weight excluding hydrogens is 460 g/mol. The van der Waals surface area contributed by atoms with Crippen molar-refractivity contribution in [3.63, 3.8) is 0 Å². The predicted molar refractivity (Wildman–Crippen MR) is 123 cm³/mol. The van der Waals surface area contributed by atoms with Crippen molar-refractivity contribution in [1.29, 1.82) is 0 Å². The first-order valence-corrected chi connectivity index (χ1v) is 11.2. The SMILES string of the molecule is CC(C)(C)OC(=O)N1CCC(NC(=O)Cc2cc(Br)ccc2OCc2ccccc2)C1. The van der Waals surface area contributed by atoms with E-state index in [-0.39, 0.29) is 24.5 Å². The third-order valence-corrected chi connectivity index (χ3v) is 5.31. The summed E-state index contributed by atoms with van der Waals surface area (Å²) >= 11 is 3.47. The van der Waals surface area contributed by atoms with E-state index in [2.05, 4.69) is 21.2 Å². The Hall–Kier alpha value is -2.54. The van der Waals surface area contributed by atoms with Crippen molar-refractivity contribution < 1.29 is 19.1 Å².